The third kappa shape index (κ3) is 4.56. The number of benzene rings is 1. The van der Waals surface area contributed by atoms with E-state index in [9.17, 15) is 4.39 Å². The lowest BCUT2D eigenvalue weighted by Gasteiger charge is -2.25. The lowest BCUT2D eigenvalue weighted by Crippen LogP contribution is -2.42. The molecule has 0 aromatic heterocycles. The predicted octanol–water partition coefficient (Wildman–Crippen LogP) is 2.67. The van der Waals surface area contributed by atoms with E-state index in [-0.39, 0.29) is 29.8 Å². The van der Waals surface area contributed by atoms with Crippen LogP contribution in [0.1, 0.15) is 18.4 Å². The van der Waals surface area contributed by atoms with Crippen molar-refractivity contribution in [3.8, 4) is 0 Å². The van der Waals surface area contributed by atoms with Gasteiger partial charge in [0.05, 0.1) is 6.61 Å². The number of guanidine groups is 1. The van der Waals surface area contributed by atoms with E-state index >= 15 is 0 Å². The van der Waals surface area contributed by atoms with Gasteiger partial charge in [0.2, 0.25) is 0 Å². The molecule has 1 atom stereocenters. The van der Waals surface area contributed by atoms with Crippen molar-refractivity contribution in [2.24, 2.45) is 10.4 Å². The van der Waals surface area contributed by atoms with Crippen LogP contribution in [0.15, 0.2) is 29.3 Å². The fraction of sp³-hybridized carbons (Fsp3) is 0.588. The van der Waals surface area contributed by atoms with E-state index in [4.69, 9.17) is 4.74 Å². The van der Waals surface area contributed by atoms with Gasteiger partial charge in [-0.05, 0) is 37.0 Å². The topological polar surface area (TPSA) is 36.9 Å². The summed E-state index contributed by atoms with van der Waals surface area (Å²) in [5.41, 5.74) is 1.34. The molecule has 4 nitrogen and oxygen atoms in total. The van der Waals surface area contributed by atoms with Crippen molar-refractivity contribution in [1.82, 2.24) is 10.2 Å². The lowest BCUT2D eigenvalue weighted by molar-refractivity contribution is 0.156. The summed E-state index contributed by atoms with van der Waals surface area (Å²) in [7, 11) is 1.82. The molecule has 0 saturated carbocycles. The van der Waals surface area contributed by atoms with Crippen LogP contribution in [0, 0.1) is 11.2 Å². The van der Waals surface area contributed by atoms with E-state index < -0.39 is 0 Å². The Hall–Kier alpha value is -0.890. The predicted molar refractivity (Wildman–Crippen MR) is 101 cm³/mol. The summed E-state index contributed by atoms with van der Waals surface area (Å²) in [6.45, 7) is 4.58. The normalized spacial score (nSPS) is 24.1. The van der Waals surface area contributed by atoms with Crippen molar-refractivity contribution in [3.05, 3.63) is 35.6 Å². The van der Waals surface area contributed by atoms with Crippen molar-refractivity contribution in [3.63, 3.8) is 0 Å². The Morgan fingerprint density at radius 3 is 3.00 bits per heavy atom. The Morgan fingerprint density at radius 1 is 1.43 bits per heavy atom. The maximum atomic E-state index is 13.2. The van der Waals surface area contributed by atoms with E-state index in [0.717, 1.165) is 57.2 Å². The zero-order chi connectivity index (χ0) is 15.4. The first-order valence-electron chi connectivity index (χ1n) is 7.99. The second-order valence-electron chi connectivity index (χ2n) is 6.33. The van der Waals surface area contributed by atoms with Gasteiger partial charge in [-0.3, -0.25) is 4.99 Å². The molecule has 2 aliphatic heterocycles. The van der Waals surface area contributed by atoms with Crippen molar-refractivity contribution in [2.75, 3.05) is 39.9 Å². The van der Waals surface area contributed by atoms with Gasteiger partial charge in [0.1, 0.15) is 5.82 Å². The van der Waals surface area contributed by atoms with Crippen LogP contribution in [0.5, 0.6) is 0 Å². The molecule has 3 rings (SSSR count). The van der Waals surface area contributed by atoms with Gasteiger partial charge in [-0.2, -0.15) is 0 Å². The minimum Gasteiger partial charge on any atom is -0.381 e. The number of nitrogens with zero attached hydrogens (tertiary/aromatic N) is 2. The Balaban J connectivity index is 0.00000192. The highest BCUT2D eigenvalue weighted by atomic mass is 127. The molecule has 2 heterocycles. The third-order valence-electron chi connectivity index (χ3n) is 4.72. The smallest absolute Gasteiger partial charge is 0.193 e. The molecule has 0 aliphatic carbocycles. The zero-order valence-electron chi connectivity index (χ0n) is 13.6. The fourth-order valence-electron chi connectivity index (χ4n) is 3.43. The molecule has 2 saturated heterocycles. The number of ether oxygens (including phenoxy) is 1. The van der Waals surface area contributed by atoms with Gasteiger partial charge in [-0.15, -0.1) is 24.0 Å². The summed E-state index contributed by atoms with van der Waals surface area (Å²) >= 11 is 0. The molecule has 0 bridgehead atoms. The Bertz CT molecular complexity index is 546. The molecule has 2 aliphatic rings. The molecule has 0 amide bonds. The summed E-state index contributed by atoms with van der Waals surface area (Å²) < 4.78 is 18.7. The summed E-state index contributed by atoms with van der Waals surface area (Å²) in [6, 6.07) is 6.77. The van der Waals surface area contributed by atoms with Crippen LogP contribution in [0.4, 0.5) is 4.39 Å². The highest BCUT2D eigenvalue weighted by Gasteiger charge is 2.42. The lowest BCUT2D eigenvalue weighted by atomic mass is 9.87. The van der Waals surface area contributed by atoms with Crippen molar-refractivity contribution in [2.45, 2.75) is 19.3 Å². The Labute approximate surface area is 154 Å². The molecular formula is C17H25FIN3O. The largest absolute Gasteiger partial charge is 0.381 e. The van der Waals surface area contributed by atoms with Crippen LogP contribution in [-0.2, 0) is 11.2 Å². The van der Waals surface area contributed by atoms with Gasteiger partial charge in [-0.1, -0.05) is 12.1 Å². The first kappa shape index (κ1) is 18.4. The molecule has 1 aromatic carbocycles. The van der Waals surface area contributed by atoms with Crippen LogP contribution in [0.3, 0.4) is 0 Å². The maximum absolute atomic E-state index is 13.2. The molecule has 2 fully saturated rings. The highest BCUT2D eigenvalue weighted by Crippen LogP contribution is 2.38. The summed E-state index contributed by atoms with van der Waals surface area (Å²) in [4.78, 5) is 6.71. The van der Waals surface area contributed by atoms with Crippen LogP contribution >= 0.6 is 24.0 Å². The van der Waals surface area contributed by atoms with Crippen molar-refractivity contribution >= 4 is 29.9 Å². The Morgan fingerprint density at radius 2 is 2.30 bits per heavy atom. The summed E-state index contributed by atoms with van der Waals surface area (Å²) in [5.74, 6) is 0.768. The van der Waals surface area contributed by atoms with E-state index in [2.05, 4.69) is 15.2 Å². The van der Waals surface area contributed by atoms with Crippen LogP contribution in [0.25, 0.3) is 0 Å². The minimum atomic E-state index is -0.176. The minimum absolute atomic E-state index is 0. The average molecular weight is 433 g/mol. The molecule has 128 valence electrons. The number of halogens is 2. The van der Waals surface area contributed by atoms with Gasteiger partial charge in [0, 0.05) is 38.7 Å². The molecule has 1 unspecified atom stereocenters. The van der Waals surface area contributed by atoms with Gasteiger partial charge in [0.25, 0.3) is 0 Å². The summed E-state index contributed by atoms with van der Waals surface area (Å²) in [6.07, 6.45) is 3.13. The molecular weight excluding hydrogens is 408 g/mol. The van der Waals surface area contributed by atoms with Crippen LogP contribution in [-0.4, -0.2) is 50.8 Å². The number of hydrogen-bond donors (Lipinski definition) is 1. The molecule has 1 N–H and O–H groups in total. The second kappa shape index (κ2) is 8.28. The number of hydrogen-bond acceptors (Lipinski definition) is 2. The van der Waals surface area contributed by atoms with E-state index in [0.29, 0.717) is 5.41 Å². The molecule has 1 spiro atoms. The number of aliphatic imine (C=N–C) groups is 1. The van der Waals surface area contributed by atoms with Gasteiger partial charge >= 0.3 is 0 Å². The first-order chi connectivity index (χ1) is 10.7. The molecule has 23 heavy (non-hydrogen) atoms. The maximum Gasteiger partial charge on any atom is 0.193 e. The third-order valence-corrected chi connectivity index (χ3v) is 4.72. The standard InChI is InChI=1S/C17H24FN3O.HI/c1-19-16(20-8-5-14-3-2-4-15(18)11-14)21-9-6-17(12-21)7-10-22-13-17;/h2-4,11H,5-10,12-13H2,1H3,(H,19,20);1H. The van der Waals surface area contributed by atoms with Crippen LogP contribution < -0.4 is 5.32 Å². The quantitative estimate of drug-likeness (QED) is 0.453. The number of nitrogens with one attached hydrogen (secondary N) is 1. The first-order valence-corrected chi connectivity index (χ1v) is 7.99. The van der Waals surface area contributed by atoms with Crippen LogP contribution in [0.2, 0.25) is 0 Å². The highest BCUT2D eigenvalue weighted by molar-refractivity contribution is 14.0. The van der Waals surface area contributed by atoms with E-state index in [1.54, 1.807) is 12.1 Å². The molecule has 6 heteroatoms. The molecule has 0 radical (unpaired) electrons. The second-order valence-corrected chi connectivity index (χ2v) is 6.33. The number of likely N-dealkylation sites (tertiary alicyclic amines) is 1. The summed E-state index contributed by atoms with van der Waals surface area (Å²) in [5, 5.41) is 3.40. The van der Waals surface area contributed by atoms with Crippen molar-refractivity contribution < 1.29 is 9.13 Å². The monoisotopic (exact) mass is 433 g/mol. The van der Waals surface area contributed by atoms with Gasteiger partial charge in [-0.25, -0.2) is 4.39 Å². The van der Waals surface area contributed by atoms with Gasteiger partial charge in [0.15, 0.2) is 5.96 Å². The Kier molecular flexibility index (Phi) is 6.64. The number of rotatable bonds is 3. The fourth-order valence-corrected chi connectivity index (χ4v) is 3.43. The van der Waals surface area contributed by atoms with E-state index in [1.165, 1.54) is 12.5 Å². The average Bonchev–Trinajstić information content (AvgIpc) is 3.14. The molecule has 1 aromatic rings. The SMILES string of the molecule is CN=C(NCCc1cccc(F)c1)N1CCC2(CCOC2)C1.I. The zero-order valence-corrected chi connectivity index (χ0v) is 15.9. The van der Waals surface area contributed by atoms with Gasteiger partial charge < -0.3 is 15.0 Å². The van der Waals surface area contributed by atoms with Crippen molar-refractivity contribution in [1.29, 1.82) is 0 Å². The van der Waals surface area contributed by atoms with E-state index in [1.807, 2.05) is 13.1 Å².